The number of benzene rings is 2. The maximum absolute atomic E-state index is 3.68. The second-order valence-electron chi connectivity index (χ2n) is 7.63. The van der Waals surface area contributed by atoms with Gasteiger partial charge in [-0.1, -0.05) is 40.2 Å². The fourth-order valence-corrected chi connectivity index (χ4v) is 4.88. The number of aromatic nitrogens is 1. The van der Waals surface area contributed by atoms with E-state index < -0.39 is 0 Å². The molecule has 3 aromatic rings. The smallest absolute Gasteiger partial charge is 0.0531 e. The molecule has 0 saturated carbocycles. The summed E-state index contributed by atoms with van der Waals surface area (Å²) in [6.45, 7) is 6.88. The molecule has 0 bridgehead atoms. The molecule has 4 heteroatoms. The maximum atomic E-state index is 3.68. The van der Waals surface area contributed by atoms with E-state index in [0.29, 0.717) is 0 Å². The van der Waals surface area contributed by atoms with Gasteiger partial charge in [-0.05, 0) is 42.8 Å². The van der Waals surface area contributed by atoms with Crippen LogP contribution in [0.4, 0.5) is 0 Å². The fraction of sp³-hybridized carbons (Fsp3) is 0.364. The Morgan fingerprint density at radius 3 is 2.65 bits per heavy atom. The minimum absolute atomic E-state index is 0.998. The second kappa shape index (κ2) is 6.52. The summed E-state index contributed by atoms with van der Waals surface area (Å²) in [5, 5.41) is 1.41. The van der Waals surface area contributed by atoms with Crippen LogP contribution >= 0.6 is 15.9 Å². The van der Waals surface area contributed by atoms with Gasteiger partial charge >= 0.3 is 0 Å². The summed E-state index contributed by atoms with van der Waals surface area (Å²) in [5.41, 5.74) is 7.21. The van der Waals surface area contributed by atoms with Crippen molar-refractivity contribution in [1.29, 1.82) is 0 Å². The molecule has 1 saturated heterocycles. The summed E-state index contributed by atoms with van der Waals surface area (Å²) < 4.78 is 3.69. The first-order valence-electron chi connectivity index (χ1n) is 9.50. The lowest BCUT2D eigenvalue weighted by Crippen LogP contribution is -2.45. The van der Waals surface area contributed by atoms with Gasteiger partial charge in [0.25, 0.3) is 0 Å². The first-order chi connectivity index (χ1) is 12.7. The van der Waals surface area contributed by atoms with Crippen LogP contribution in [0.25, 0.3) is 22.2 Å². The Balaban J connectivity index is 1.55. The zero-order valence-corrected chi connectivity index (χ0v) is 16.8. The molecule has 0 spiro atoms. The summed E-state index contributed by atoms with van der Waals surface area (Å²) >= 11 is 3.68. The van der Waals surface area contributed by atoms with Crippen molar-refractivity contribution >= 4 is 26.8 Å². The molecule has 0 N–H and O–H groups in total. The van der Waals surface area contributed by atoms with Crippen molar-refractivity contribution < 1.29 is 0 Å². The van der Waals surface area contributed by atoms with Crippen molar-refractivity contribution in [1.82, 2.24) is 14.4 Å². The van der Waals surface area contributed by atoms with E-state index in [4.69, 9.17) is 0 Å². The number of piperazine rings is 1. The average molecular weight is 410 g/mol. The molecule has 2 aliphatic rings. The van der Waals surface area contributed by atoms with Crippen LogP contribution in [0.3, 0.4) is 0 Å². The van der Waals surface area contributed by atoms with Gasteiger partial charge < -0.3 is 14.4 Å². The lowest BCUT2D eigenvalue weighted by Gasteiger charge is -2.32. The molecule has 0 atom stereocenters. The Hall–Kier alpha value is -1.62. The van der Waals surface area contributed by atoms with Crippen molar-refractivity contribution in [2.24, 2.45) is 0 Å². The van der Waals surface area contributed by atoms with Gasteiger partial charge in [-0.25, -0.2) is 0 Å². The van der Waals surface area contributed by atoms with Crippen LogP contribution in [0.2, 0.25) is 0 Å². The Morgan fingerprint density at radius 1 is 1.00 bits per heavy atom. The standard InChI is InChI=1S/C22H24BrN3/c1-24-10-12-25(13-11-24)9-8-19-20-14-17(23)6-7-21(20)26-15-16-4-2-3-5-18(16)22(19)26/h2-7,14H,8-13,15H2,1H3. The van der Waals surface area contributed by atoms with Crippen LogP contribution in [0.15, 0.2) is 46.9 Å². The van der Waals surface area contributed by atoms with E-state index >= 15 is 0 Å². The van der Waals surface area contributed by atoms with E-state index in [1.165, 1.54) is 63.9 Å². The van der Waals surface area contributed by atoms with E-state index in [-0.39, 0.29) is 0 Å². The predicted octanol–water partition coefficient (Wildman–Crippen LogP) is 4.22. The lowest BCUT2D eigenvalue weighted by molar-refractivity contribution is 0.155. The molecule has 5 rings (SSSR count). The summed E-state index contributed by atoms with van der Waals surface area (Å²) in [4.78, 5) is 5.05. The number of fused-ring (bicyclic) bond motifs is 5. The lowest BCUT2D eigenvalue weighted by atomic mass is 10.00. The summed E-state index contributed by atoms with van der Waals surface area (Å²) in [5.74, 6) is 0. The van der Waals surface area contributed by atoms with E-state index in [9.17, 15) is 0 Å². The van der Waals surface area contributed by atoms with E-state index in [1.54, 1.807) is 0 Å². The van der Waals surface area contributed by atoms with Crippen LogP contribution < -0.4 is 0 Å². The van der Waals surface area contributed by atoms with Crippen molar-refractivity contribution in [3.63, 3.8) is 0 Å². The molecule has 2 aromatic carbocycles. The Bertz CT molecular complexity index is 967. The summed E-state index contributed by atoms with van der Waals surface area (Å²) in [6, 6.07) is 15.7. The van der Waals surface area contributed by atoms with Crippen LogP contribution in [0.1, 0.15) is 11.1 Å². The number of halogens is 1. The van der Waals surface area contributed by atoms with Gasteiger partial charge in [0.1, 0.15) is 0 Å². The SMILES string of the molecule is CN1CCN(CCc2c3n(c4ccc(Br)cc24)Cc2ccccc2-3)CC1. The fourth-order valence-electron chi connectivity index (χ4n) is 4.52. The maximum Gasteiger partial charge on any atom is 0.0531 e. The molecule has 26 heavy (non-hydrogen) atoms. The molecule has 0 unspecified atom stereocenters. The monoisotopic (exact) mass is 409 g/mol. The van der Waals surface area contributed by atoms with Crippen molar-refractivity contribution in [2.45, 2.75) is 13.0 Å². The number of nitrogens with zero attached hydrogens (tertiary/aromatic N) is 3. The minimum atomic E-state index is 0.998. The highest BCUT2D eigenvalue weighted by Crippen LogP contribution is 2.41. The third kappa shape index (κ3) is 2.72. The molecule has 2 aliphatic heterocycles. The molecular weight excluding hydrogens is 386 g/mol. The van der Waals surface area contributed by atoms with Gasteiger partial charge in [0, 0.05) is 60.2 Å². The highest BCUT2D eigenvalue weighted by Gasteiger charge is 2.26. The van der Waals surface area contributed by atoms with E-state index in [1.807, 2.05) is 0 Å². The zero-order chi connectivity index (χ0) is 17.7. The van der Waals surface area contributed by atoms with E-state index in [2.05, 4.69) is 79.8 Å². The Morgan fingerprint density at radius 2 is 1.81 bits per heavy atom. The molecule has 0 aliphatic carbocycles. The normalized spacial score (nSPS) is 17.6. The van der Waals surface area contributed by atoms with Gasteiger partial charge in [0.05, 0.1) is 5.69 Å². The Kier molecular flexibility index (Phi) is 4.15. The van der Waals surface area contributed by atoms with Crippen molar-refractivity contribution in [3.05, 3.63) is 58.1 Å². The molecular formula is C22H24BrN3. The van der Waals surface area contributed by atoms with Gasteiger partial charge in [0.2, 0.25) is 0 Å². The Labute approximate surface area is 163 Å². The average Bonchev–Trinajstić information content (AvgIpc) is 3.16. The van der Waals surface area contributed by atoms with Crippen LogP contribution in [-0.2, 0) is 13.0 Å². The summed E-state index contributed by atoms with van der Waals surface area (Å²) in [6.07, 6.45) is 1.12. The third-order valence-electron chi connectivity index (χ3n) is 6.01. The number of hydrogen-bond acceptors (Lipinski definition) is 2. The van der Waals surface area contributed by atoms with Gasteiger partial charge in [0.15, 0.2) is 0 Å². The second-order valence-corrected chi connectivity index (χ2v) is 8.54. The van der Waals surface area contributed by atoms with Crippen LogP contribution in [-0.4, -0.2) is 54.1 Å². The van der Waals surface area contributed by atoms with Gasteiger partial charge in [-0.2, -0.15) is 0 Å². The quantitative estimate of drug-likeness (QED) is 0.501. The number of rotatable bonds is 3. The third-order valence-corrected chi connectivity index (χ3v) is 6.50. The summed E-state index contributed by atoms with van der Waals surface area (Å²) in [7, 11) is 2.22. The molecule has 1 fully saturated rings. The highest BCUT2D eigenvalue weighted by molar-refractivity contribution is 9.10. The molecule has 3 heterocycles. The van der Waals surface area contributed by atoms with Crippen molar-refractivity contribution in [2.75, 3.05) is 39.8 Å². The topological polar surface area (TPSA) is 11.4 Å². The predicted molar refractivity (Wildman–Crippen MR) is 112 cm³/mol. The molecule has 1 aromatic heterocycles. The van der Waals surface area contributed by atoms with Crippen LogP contribution in [0.5, 0.6) is 0 Å². The van der Waals surface area contributed by atoms with E-state index in [0.717, 1.165) is 19.5 Å². The van der Waals surface area contributed by atoms with Crippen LogP contribution in [0, 0.1) is 0 Å². The first kappa shape index (κ1) is 16.5. The molecule has 3 nitrogen and oxygen atoms in total. The first-order valence-corrected chi connectivity index (χ1v) is 10.3. The zero-order valence-electron chi connectivity index (χ0n) is 15.2. The molecule has 0 radical (unpaired) electrons. The minimum Gasteiger partial charge on any atom is -0.336 e. The highest BCUT2D eigenvalue weighted by atomic mass is 79.9. The number of likely N-dealkylation sites (N-methyl/N-ethyl adjacent to an activating group) is 1. The molecule has 0 amide bonds. The van der Waals surface area contributed by atoms with Gasteiger partial charge in [-0.15, -0.1) is 0 Å². The largest absolute Gasteiger partial charge is 0.336 e. The van der Waals surface area contributed by atoms with Crippen molar-refractivity contribution in [3.8, 4) is 11.3 Å². The van der Waals surface area contributed by atoms with Gasteiger partial charge in [-0.3, -0.25) is 0 Å². The number of hydrogen-bond donors (Lipinski definition) is 0. The molecule has 134 valence electrons.